The van der Waals surface area contributed by atoms with Crippen LogP contribution in [0.3, 0.4) is 0 Å². The first kappa shape index (κ1) is 10.8. The van der Waals surface area contributed by atoms with Gasteiger partial charge in [-0.2, -0.15) is 0 Å². The van der Waals surface area contributed by atoms with Gasteiger partial charge in [-0.25, -0.2) is 18.5 Å². The minimum absolute atomic E-state index is 0.0925. The Bertz CT molecular complexity index is 718. The first-order valence-electron chi connectivity index (χ1n) is 4.38. The lowest BCUT2D eigenvalue weighted by Crippen LogP contribution is -2.18. The van der Waals surface area contributed by atoms with Crippen molar-refractivity contribution in [3.8, 4) is 0 Å². The summed E-state index contributed by atoms with van der Waals surface area (Å²) < 4.78 is 23.5. The van der Waals surface area contributed by atoms with E-state index in [-0.39, 0.29) is 15.8 Å². The number of rotatable bonds is 1. The van der Waals surface area contributed by atoms with Crippen molar-refractivity contribution in [2.45, 2.75) is 4.90 Å². The predicted molar refractivity (Wildman–Crippen MR) is 58.4 cm³/mol. The molecule has 0 amide bonds. The maximum Gasteiger partial charge on any atom is 0.260 e. The Labute approximate surface area is 91.4 Å². The van der Waals surface area contributed by atoms with Crippen molar-refractivity contribution in [1.29, 1.82) is 0 Å². The van der Waals surface area contributed by atoms with Gasteiger partial charge < -0.3 is 4.57 Å². The van der Waals surface area contributed by atoms with Gasteiger partial charge in [0, 0.05) is 7.05 Å². The molecule has 16 heavy (non-hydrogen) atoms. The Kier molecular flexibility index (Phi) is 2.28. The maximum absolute atomic E-state index is 11.7. The molecule has 0 aliphatic rings. The third-order valence-electron chi connectivity index (χ3n) is 2.22. The molecule has 6 nitrogen and oxygen atoms in total. The summed E-state index contributed by atoms with van der Waals surface area (Å²) in [5.41, 5.74) is 0.131. The molecule has 0 saturated heterocycles. The molecule has 0 aliphatic heterocycles. The van der Waals surface area contributed by atoms with Crippen molar-refractivity contribution in [2.24, 2.45) is 12.2 Å². The third kappa shape index (κ3) is 1.70. The molecule has 84 valence electrons. The molecule has 7 heteroatoms. The highest BCUT2D eigenvalue weighted by Crippen LogP contribution is 2.12. The first-order valence-corrected chi connectivity index (χ1v) is 5.92. The second-order valence-corrected chi connectivity index (χ2v) is 4.95. The Hall–Kier alpha value is -1.73. The molecular formula is C9H9N3O3S. The van der Waals surface area contributed by atoms with Crippen molar-refractivity contribution < 1.29 is 8.42 Å². The van der Waals surface area contributed by atoms with Crippen LogP contribution in [0.1, 0.15) is 0 Å². The monoisotopic (exact) mass is 239 g/mol. The molecule has 0 saturated carbocycles. The topological polar surface area (TPSA) is 95.1 Å². The van der Waals surface area contributed by atoms with Crippen molar-refractivity contribution in [1.82, 2.24) is 9.55 Å². The number of fused-ring (bicyclic) bond motifs is 1. The van der Waals surface area contributed by atoms with Crippen LogP contribution < -0.4 is 10.7 Å². The van der Waals surface area contributed by atoms with Gasteiger partial charge in [-0.05, 0) is 18.2 Å². The zero-order chi connectivity index (χ0) is 11.9. The molecule has 0 aliphatic carbocycles. The van der Waals surface area contributed by atoms with Gasteiger partial charge in [0.2, 0.25) is 10.0 Å². The number of primary sulfonamides is 1. The molecule has 1 aromatic carbocycles. The fraction of sp³-hybridized carbons (Fsp3) is 0.111. The lowest BCUT2D eigenvalue weighted by molar-refractivity contribution is 0.598. The molecule has 0 radical (unpaired) electrons. The van der Waals surface area contributed by atoms with Gasteiger partial charge in [-0.1, -0.05) is 0 Å². The average Bonchev–Trinajstić information content (AvgIpc) is 2.22. The van der Waals surface area contributed by atoms with Crippen LogP contribution >= 0.6 is 0 Å². The summed E-state index contributed by atoms with van der Waals surface area (Å²) in [5, 5.41) is 5.21. The zero-order valence-electron chi connectivity index (χ0n) is 8.41. The number of hydrogen-bond acceptors (Lipinski definition) is 4. The van der Waals surface area contributed by atoms with Crippen LogP contribution in [0.5, 0.6) is 0 Å². The summed E-state index contributed by atoms with van der Waals surface area (Å²) >= 11 is 0. The van der Waals surface area contributed by atoms with E-state index in [1.807, 2.05) is 0 Å². The van der Waals surface area contributed by atoms with Crippen molar-refractivity contribution in [2.75, 3.05) is 0 Å². The highest BCUT2D eigenvalue weighted by atomic mass is 32.2. The van der Waals surface area contributed by atoms with Gasteiger partial charge in [-0.15, -0.1) is 0 Å². The van der Waals surface area contributed by atoms with Gasteiger partial charge in [0.1, 0.15) is 0 Å². The summed E-state index contributed by atoms with van der Waals surface area (Å²) in [6.07, 6.45) is 1.38. The van der Waals surface area contributed by atoms with Crippen LogP contribution in [0.25, 0.3) is 10.9 Å². The Balaban J connectivity index is 2.90. The zero-order valence-corrected chi connectivity index (χ0v) is 9.23. The minimum atomic E-state index is -3.80. The standard InChI is InChI=1S/C9H9N3O3S/c1-12-5-11-8-3-2-6(16(10,14)15)4-7(8)9(12)13/h2-5H,1H3,(H2,10,14,15). The summed E-state index contributed by atoms with van der Waals surface area (Å²) in [7, 11) is -2.26. The van der Waals surface area contributed by atoms with E-state index in [0.29, 0.717) is 5.52 Å². The summed E-state index contributed by atoms with van der Waals surface area (Å²) in [6, 6.07) is 4.01. The fourth-order valence-corrected chi connectivity index (χ4v) is 1.91. The molecule has 2 aromatic rings. The van der Waals surface area contributed by atoms with Gasteiger partial charge >= 0.3 is 0 Å². The number of aromatic nitrogens is 2. The van der Waals surface area contributed by atoms with E-state index >= 15 is 0 Å². The van der Waals surface area contributed by atoms with Gasteiger partial charge in [0.15, 0.2) is 0 Å². The maximum atomic E-state index is 11.7. The lowest BCUT2D eigenvalue weighted by atomic mass is 10.2. The molecule has 2 rings (SSSR count). The van der Waals surface area contributed by atoms with Crippen molar-refractivity contribution >= 4 is 20.9 Å². The number of hydrogen-bond donors (Lipinski definition) is 1. The van der Waals surface area contributed by atoms with Crippen LogP contribution in [0.2, 0.25) is 0 Å². The smallest absolute Gasteiger partial charge is 0.260 e. The van der Waals surface area contributed by atoms with E-state index in [1.165, 1.54) is 29.1 Å². The molecule has 0 bridgehead atoms. The van der Waals surface area contributed by atoms with Crippen LogP contribution in [-0.2, 0) is 17.1 Å². The number of nitrogens with two attached hydrogens (primary N) is 1. The third-order valence-corrected chi connectivity index (χ3v) is 3.13. The lowest BCUT2D eigenvalue weighted by Gasteiger charge is -2.02. The molecule has 0 fully saturated rings. The van der Waals surface area contributed by atoms with Crippen LogP contribution in [-0.4, -0.2) is 18.0 Å². The van der Waals surface area contributed by atoms with Crippen molar-refractivity contribution in [3.63, 3.8) is 0 Å². The molecule has 0 unspecified atom stereocenters. The van der Waals surface area contributed by atoms with E-state index in [4.69, 9.17) is 5.14 Å². The number of aryl methyl sites for hydroxylation is 1. The first-order chi connectivity index (χ1) is 7.39. The molecule has 0 spiro atoms. The summed E-state index contributed by atoms with van der Waals surface area (Å²) in [5.74, 6) is 0. The Morgan fingerprint density at radius 3 is 2.69 bits per heavy atom. The highest BCUT2D eigenvalue weighted by Gasteiger charge is 2.10. The normalized spacial score (nSPS) is 11.9. The highest BCUT2D eigenvalue weighted by molar-refractivity contribution is 7.89. The number of benzene rings is 1. The molecule has 0 atom stereocenters. The van der Waals surface area contributed by atoms with E-state index in [9.17, 15) is 13.2 Å². The SMILES string of the molecule is Cn1cnc2ccc(S(N)(=O)=O)cc2c1=O. The van der Waals surface area contributed by atoms with E-state index in [1.54, 1.807) is 7.05 Å². The quantitative estimate of drug-likeness (QED) is 0.731. The fourth-order valence-electron chi connectivity index (χ4n) is 1.37. The summed E-state index contributed by atoms with van der Waals surface area (Å²) in [6.45, 7) is 0. The molecule has 2 N–H and O–H groups in total. The van der Waals surface area contributed by atoms with E-state index in [2.05, 4.69) is 4.98 Å². The van der Waals surface area contributed by atoms with Crippen LogP contribution in [0.4, 0.5) is 0 Å². The number of nitrogens with zero attached hydrogens (tertiary/aromatic N) is 2. The van der Waals surface area contributed by atoms with Crippen LogP contribution in [0, 0.1) is 0 Å². The predicted octanol–water partition coefficient (Wildman–Crippen LogP) is -0.419. The Morgan fingerprint density at radius 1 is 1.38 bits per heavy atom. The number of sulfonamides is 1. The second kappa shape index (κ2) is 3.39. The van der Waals surface area contributed by atoms with Gasteiger partial charge in [-0.3, -0.25) is 4.79 Å². The largest absolute Gasteiger partial charge is 0.302 e. The van der Waals surface area contributed by atoms with Crippen LogP contribution in [0.15, 0.2) is 34.2 Å². The Morgan fingerprint density at radius 2 is 2.06 bits per heavy atom. The molecular weight excluding hydrogens is 230 g/mol. The molecule has 1 aromatic heterocycles. The minimum Gasteiger partial charge on any atom is -0.302 e. The average molecular weight is 239 g/mol. The summed E-state index contributed by atoms with van der Waals surface area (Å²) in [4.78, 5) is 15.6. The van der Waals surface area contributed by atoms with Gasteiger partial charge in [0.05, 0.1) is 22.1 Å². The van der Waals surface area contributed by atoms with E-state index in [0.717, 1.165) is 0 Å². The van der Waals surface area contributed by atoms with Crippen molar-refractivity contribution in [3.05, 3.63) is 34.9 Å². The molecule has 1 heterocycles. The van der Waals surface area contributed by atoms with Gasteiger partial charge in [0.25, 0.3) is 5.56 Å². The second-order valence-electron chi connectivity index (χ2n) is 3.38. The van der Waals surface area contributed by atoms with E-state index < -0.39 is 10.0 Å².